The molecule has 0 heterocycles. The van der Waals surface area contributed by atoms with Crippen molar-refractivity contribution in [1.82, 2.24) is 10.6 Å². The van der Waals surface area contributed by atoms with Gasteiger partial charge >= 0.3 is 0 Å². The Labute approximate surface area is 125 Å². The van der Waals surface area contributed by atoms with E-state index >= 15 is 0 Å². The summed E-state index contributed by atoms with van der Waals surface area (Å²) in [7, 11) is 0. The smallest absolute Gasteiger partial charge is 0.224 e. The summed E-state index contributed by atoms with van der Waals surface area (Å²) in [4.78, 5) is 11.7. The number of amides is 1. The van der Waals surface area contributed by atoms with Gasteiger partial charge in [-0.25, -0.2) is 4.39 Å². The largest absolute Gasteiger partial charge is 0.355 e. The molecule has 0 unspecified atom stereocenters. The molecule has 1 aliphatic carbocycles. The van der Waals surface area contributed by atoms with Crippen molar-refractivity contribution in [1.29, 1.82) is 0 Å². The minimum absolute atomic E-state index is 0.0667. The molecule has 0 saturated heterocycles. The second-order valence-corrected chi connectivity index (χ2v) is 5.51. The average Bonchev–Trinajstić information content (AvgIpc) is 2.48. The number of halogens is 1. The molecule has 3 nitrogen and oxygen atoms in total. The molecule has 2 rings (SSSR count). The number of carbonyl (C=O) groups excluding carboxylic acids is 1. The van der Waals surface area contributed by atoms with Gasteiger partial charge in [-0.3, -0.25) is 4.79 Å². The summed E-state index contributed by atoms with van der Waals surface area (Å²) in [6.07, 6.45) is 8.29. The van der Waals surface area contributed by atoms with E-state index in [0.717, 1.165) is 25.4 Å². The van der Waals surface area contributed by atoms with E-state index in [-0.39, 0.29) is 18.1 Å². The van der Waals surface area contributed by atoms with Gasteiger partial charge in [0.05, 0.1) is 6.42 Å². The van der Waals surface area contributed by atoms with Crippen LogP contribution in [0.5, 0.6) is 0 Å². The van der Waals surface area contributed by atoms with E-state index in [1.165, 1.54) is 25.0 Å². The zero-order valence-corrected chi connectivity index (χ0v) is 12.3. The maximum atomic E-state index is 13.0. The third-order valence-electron chi connectivity index (χ3n) is 3.69. The fourth-order valence-corrected chi connectivity index (χ4v) is 2.53. The van der Waals surface area contributed by atoms with Crippen LogP contribution < -0.4 is 10.6 Å². The molecule has 114 valence electrons. The third-order valence-corrected chi connectivity index (χ3v) is 3.69. The second kappa shape index (κ2) is 8.57. The summed E-state index contributed by atoms with van der Waals surface area (Å²) in [5.41, 5.74) is 0.703. The molecule has 1 atom stereocenters. The lowest BCUT2D eigenvalue weighted by molar-refractivity contribution is -0.120. The van der Waals surface area contributed by atoms with Crippen LogP contribution in [0.1, 0.15) is 24.8 Å². The summed E-state index contributed by atoms with van der Waals surface area (Å²) in [6.45, 7) is 2.38. The van der Waals surface area contributed by atoms with Crippen molar-refractivity contribution >= 4 is 5.91 Å². The SMILES string of the molecule is O=C(Cc1cccc(F)c1)NCCNC[C@H]1CC=CCC1. The maximum absolute atomic E-state index is 13.0. The van der Waals surface area contributed by atoms with Crippen LogP contribution in [0.3, 0.4) is 0 Å². The van der Waals surface area contributed by atoms with E-state index in [4.69, 9.17) is 0 Å². The van der Waals surface area contributed by atoms with E-state index in [9.17, 15) is 9.18 Å². The van der Waals surface area contributed by atoms with Gasteiger partial charge in [-0.15, -0.1) is 0 Å². The molecule has 0 radical (unpaired) electrons. The zero-order valence-electron chi connectivity index (χ0n) is 12.3. The van der Waals surface area contributed by atoms with Gasteiger partial charge in [0, 0.05) is 13.1 Å². The highest BCUT2D eigenvalue weighted by Crippen LogP contribution is 2.16. The van der Waals surface area contributed by atoms with Gasteiger partial charge in [0.1, 0.15) is 5.82 Å². The molecular formula is C17H23FN2O. The molecule has 0 fully saturated rings. The van der Waals surface area contributed by atoms with Gasteiger partial charge in [-0.05, 0) is 49.4 Å². The van der Waals surface area contributed by atoms with Crippen molar-refractivity contribution in [3.8, 4) is 0 Å². The number of hydrogen-bond donors (Lipinski definition) is 2. The fourth-order valence-electron chi connectivity index (χ4n) is 2.53. The zero-order chi connectivity index (χ0) is 14.9. The Morgan fingerprint density at radius 2 is 2.19 bits per heavy atom. The minimum atomic E-state index is -0.302. The van der Waals surface area contributed by atoms with Crippen LogP contribution in [0.15, 0.2) is 36.4 Å². The lowest BCUT2D eigenvalue weighted by atomic mass is 9.94. The molecule has 2 N–H and O–H groups in total. The molecular weight excluding hydrogens is 267 g/mol. The summed E-state index contributed by atoms with van der Waals surface area (Å²) in [5.74, 6) is 0.351. The third kappa shape index (κ3) is 6.08. The predicted octanol–water partition coefficient (Wildman–Crippen LogP) is 2.43. The van der Waals surface area contributed by atoms with E-state index in [1.807, 2.05) is 0 Å². The predicted molar refractivity (Wildman–Crippen MR) is 82.5 cm³/mol. The Morgan fingerprint density at radius 1 is 1.29 bits per heavy atom. The standard InChI is InChI=1S/C17H23FN2O/c18-16-8-4-7-15(11-16)12-17(21)20-10-9-19-13-14-5-2-1-3-6-14/h1-2,4,7-8,11,14,19H,3,5-6,9-10,12-13H2,(H,20,21)/t14-/m0/s1. The molecule has 1 aliphatic rings. The molecule has 0 spiro atoms. The average molecular weight is 290 g/mol. The summed E-state index contributed by atoms with van der Waals surface area (Å²) in [5, 5.41) is 6.23. The molecule has 0 saturated carbocycles. The van der Waals surface area contributed by atoms with Gasteiger partial charge in [-0.2, -0.15) is 0 Å². The highest BCUT2D eigenvalue weighted by atomic mass is 19.1. The van der Waals surface area contributed by atoms with E-state index in [1.54, 1.807) is 12.1 Å². The van der Waals surface area contributed by atoms with Gasteiger partial charge in [0.25, 0.3) is 0 Å². The van der Waals surface area contributed by atoms with Crippen LogP contribution >= 0.6 is 0 Å². The highest BCUT2D eigenvalue weighted by Gasteiger charge is 2.09. The molecule has 4 heteroatoms. The molecule has 0 aliphatic heterocycles. The molecule has 0 aromatic heterocycles. The Hall–Kier alpha value is -1.68. The summed E-state index contributed by atoms with van der Waals surface area (Å²) >= 11 is 0. The Morgan fingerprint density at radius 3 is 2.95 bits per heavy atom. The van der Waals surface area contributed by atoms with Gasteiger partial charge in [0.2, 0.25) is 5.91 Å². The number of carbonyl (C=O) groups is 1. The van der Waals surface area contributed by atoms with Crippen LogP contribution in [0, 0.1) is 11.7 Å². The van der Waals surface area contributed by atoms with Crippen molar-refractivity contribution in [3.63, 3.8) is 0 Å². The second-order valence-electron chi connectivity index (χ2n) is 5.51. The highest BCUT2D eigenvalue weighted by molar-refractivity contribution is 5.78. The normalized spacial score (nSPS) is 17.7. The maximum Gasteiger partial charge on any atom is 0.224 e. The first-order valence-electron chi connectivity index (χ1n) is 7.61. The fraction of sp³-hybridized carbons (Fsp3) is 0.471. The van der Waals surface area contributed by atoms with Crippen LogP contribution in [-0.4, -0.2) is 25.5 Å². The van der Waals surface area contributed by atoms with E-state index < -0.39 is 0 Å². The quantitative estimate of drug-likeness (QED) is 0.598. The first-order chi connectivity index (χ1) is 10.2. The first-order valence-corrected chi connectivity index (χ1v) is 7.61. The van der Waals surface area contributed by atoms with Gasteiger partial charge < -0.3 is 10.6 Å². The Bertz CT molecular complexity index is 487. The van der Waals surface area contributed by atoms with Crippen LogP contribution in [0.2, 0.25) is 0 Å². The van der Waals surface area contributed by atoms with Crippen molar-refractivity contribution < 1.29 is 9.18 Å². The monoisotopic (exact) mass is 290 g/mol. The number of nitrogens with one attached hydrogen (secondary N) is 2. The molecule has 1 aromatic rings. The van der Waals surface area contributed by atoms with Crippen LogP contribution in [0.4, 0.5) is 4.39 Å². The Kier molecular flexibility index (Phi) is 6.41. The molecule has 0 bridgehead atoms. The summed E-state index contributed by atoms with van der Waals surface area (Å²) in [6, 6.07) is 6.16. The van der Waals surface area contributed by atoms with Crippen molar-refractivity contribution in [2.45, 2.75) is 25.7 Å². The van der Waals surface area contributed by atoms with Gasteiger partial charge in [-0.1, -0.05) is 24.3 Å². The minimum Gasteiger partial charge on any atom is -0.355 e. The van der Waals surface area contributed by atoms with Crippen LogP contribution in [-0.2, 0) is 11.2 Å². The molecule has 21 heavy (non-hydrogen) atoms. The Balaban J connectivity index is 1.56. The van der Waals surface area contributed by atoms with Crippen LogP contribution in [0.25, 0.3) is 0 Å². The molecule has 1 aromatic carbocycles. The number of benzene rings is 1. The lowest BCUT2D eigenvalue weighted by Gasteiger charge is -2.18. The van der Waals surface area contributed by atoms with E-state index in [0.29, 0.717) is 12.1 Å². The van der Waals surface area contributed by atoms with E-state index in [2.05, 4.69) is 22.8 Å². The first kappa shape index (κ1) is 15.7. The number of allylic oxidation sites excluding steroid dienone is 2. The van der Waals surface area contributed by atoms with Crippen molar-refractivity contribution in [3.05, 3.63) is 47.8 Å². The van der Waals surface area contributed by atoms with Crippen molar-refractivity contribution in [2.24, 2.45) is 5.92 Å². The summed E-state index contributed by atoms with van der Waals surface area (Å²) < 4.78 is 13.0. The number of rotatable bonds is 7. The van der Waals surface area contributed by atoms with Crippen molar-refractivity contribution in [2.75, 3.05) is 19.6 Å². The molecule has 1 amide bonds. The van der Waals surface area contributed by atoms with Gasteiger partial charge in [0.15, 0.2) is 0 Å². The topological polar surface area (TPSA) is 41.1 Å². The number of hydrogen-bond acceptors (Lipinski definition) is 2. The lowest BCUT2D eigenvalue weighted by Crippen LogP contribution is -2.34.